The summed E-state index contributed by atoms with van der Waals surface area (Å²) in [6.07, 6.45) is 3.62. The van der Waals surface area contributed by atoms with Gasteiger partial charge in [-0.15, -0.1) is 10.2 Å². The number of piperidine rings is 1. The number of anilines is 1. The van der Waals surface area contributed by atoms with Crippen LogP contribution in [0.4, 0.5) is 5.69 Å². The van der Waals surface area contributed by atoms with Gasteiger partial charge >= 0.3 is 0 Å². The van der Waals surface area contributed by atoms with Crippen LogP contribution in [0.15, 0.2) is 52.9 Å². The van der Waals surface area contributed by atoms with Crippen LogP contribution < -0.4 is 9.64 Å². The highest BCUT2D eigenvalue weighted by Gasteiger charge is 2.25. The fourth-order valence-corrected chi connectivity index (χ4v) is 4.59. The van der Waals surface area contributed by atoms with Crippen molar-refractivity contribution in [3.05, 3.63) is 60.0 Å². The van der Waals surface area contributed by atoms with Crippen LogP contribution in [0.5, 0.6) is 5.75 Å². The summed E-state index contributed by atoms with van der Waals surface area (Å²) in [6, 6.07) is 16.5. The molecule has 0 unspecified atom stereocenters. The van der Waals surface area contributed by atoms with E-state index in [0.717, 1.165) is 43.4 Å². The lowest BCUT2D eigenvalue weighted by Gasteiger charge is -2.33. The van der Waals surface area contributed by atoms with E-state index in [1.165, 1.54) is 37.1 Å². The molecule has 6 heteroatoms. The summed E-state index contributed by atoms with van der Waals surface area (Å²) in [5.41, 5.74) is 3.86. The molecule has 0 radical (unpaired) electrons. The fraction of sp³-hybridized carbons (Fsp3) is 0.417. The van der Waals surface area contributed by atoms with E-state index in [-0.39, 0.29) is 0 Å². The molecule has 30 heavy (non-hydrogen) atoms. The average molecular weight is 405 g/mol. The Hall–Kier alpha value is -2.86. The topological polar surface area (TPSA) is 54.6 Å². The van der Waals surface area contributed by atoms with E-state index in [9.17, 15) is 0 Å². The maximum Gasteiger partial charge on any atom is 0.247 e. The van der Waals surface area contributed by atoms with Crippen molar-refractivity contribution in [2.75, 3.05) is 38.2 Å². The predicted molar refractivity (Wildman–Crippen MR) is 117 cm³/mol. The van der Waals surface area contributed by atoms with Gasteiger partial charge in [-0.3, -0.25) is 4.90 Å². The van der Waals surface area contributed by atoms with Crippen molar-refractivity contribution < 1.29 is 9.15 Å². The molecule has 2 aliphatic rings. The van der Waals surface area contributed by atoms with Crippen LogP contribution in [0, 0.1) is 5.92 Å². The minimum absolute atomic E-state index is 0.565. The Kier molecular flexibility index (Phi) is 5.41. The molecule has 5 rings (SSSR count). The lowest BCUT2D eigenvalue weighted by molar-refractivity contribution is 0.166. The van der Waals surface area contributed by atoms with Gasteiger partial charge in [0.15, 0.2) is 0 Å². The number of rotatable bonds is 6. The second-order valence-electron chi connectivity index (χ2n) is 8.27. The zero-order valence-corrected chi connectivity index (χ0v) is 17.5. The molecule has 0 amide bonds. The molecule has 3 aromatic rings. The monoisotopic (exact) mass is 404 g/mol. The van der Waals surface area contributed by atoms with Gasteiger partial charge in [0.2, 0.25) is 11.8 Å². The number of fused-ring (bicyclic) bond motifs is 1. The Balaban J connectivity index is 1.13. The van der Waals surface area contributed by atoms with Crippen molar-refractivity contribution >= 4 is 5.69 Å². The second-order valence-corrected chi connectivity index (χ2v) is 8.27. The summed E-state index contributed by atoms with van der Waals surface area (Å²) < 4.78 is 11.1. The minimum Gasteiger partial charge on any atom is -0.497 e. The summed E-state index contributed by atoms with van der Waals surface area (Å²) in [7, 11) is 1.66. The van der Waals surface area contributed by atoms with Gasteiger partial charge in [0, 0.05) is 24.3 Å². The molecule has 1 fully saturated rings. The number of nitrogens with zero attached hydrogens (tertiary/aromatic N) is 4. The quantitative estimate of drug-likeness (QED) is 0.619. The van der Waals surface area contributed by atoms with Crippen molar-refractivity contribution in [1.29, 1.82) is 0 Å². The van der Waals surface area contributed by atoms with E-state index in [0.29, 0.717) is 11.8 Å². The number of hydrogen-bond acceptors (Lipinski definition) is 6. The van der Waals surface area contributed by atoms with E-state index in [4.69, 9.17) is 9.15 Å². The predicted octanol–water partition coefficient (Wildman–Crippen LogP) is 4.02. The second kappa shape index (κ2) is 8.48. The van der Waals surface area contributed by atoms with Gasteiger partial charge in [-0.25, -0.2) is 0 Å². The molecule has 1 saturated heterocycles. The Morgan fingerprint density at radius 3 is 2.60 bits per heavy atom. The zero-order valence-electron chi connectivity index (χ0n) is 17.5. The normalized spacial score (nSPS) is 17.3. The largest absolute Gasteiger partial charge is 0.497 e. The maximum atomic E-state index is 5.91. The van der Waals surface area contributed by atoms with E-state index in [1.54, 1.807) is 7.11 Å². The first kappa shape index (κ1) is 19.1. The summed E-state index contributed by atoms with van der Waals surface area (Å²) in [6.45, 7) is 5.23. The molecule has 0 spiro atoms. The van der Waals surface area contributed by atoms with E-state index >= 15 is 0 Å². The summed E-state index contributed by atoms with van der Waals surface area (Å²) in [5.74, 6) is 2.83. The Bertz CT molecular complexity index is 977. The third-order valence-corrected chi connectivity index (χ3v) is 6.33. The number of benzene rings is 2. The molecule has 2 aliphatic heterocycles. The van der Waals surface area contributed by atoms with Crippen LogP contribution in [0.25, 0.3) is 11.5 Å². The van der Waals surface area contributed by atoms with E-state index in [2.05, 4.69) is 44.3 Å². The van der Waals surface area contributed by atoms with E-state index in [1.807, 2.05) is 24.3 Å². The first-order valence-electron chi connectivity index (χ1n) is 10.8. The van der Waals surface area contributed by atoms with Crippen LogP contribution in [-0.2, 0) is 13.0 Å². The fourth-order valence-electron chi connectivity index (χ4n) is 4.59. The molecule has 0 aliphatic carbocycles. The first-order chi connectivity index (χ1) is 14.8. The Labute approximate surface area is 177 Å². The molecule has 0 bridgehead atoms. The SMILES string of the molecule is COc1ccc(-c2nnc(CN3CCC(CN4CCc5ccccc54)CC3)o2)cc1. The maximum absolute atomic E-state index is 5.91. The lowest BCUT2D eigenvalue weighted by Crippen LogP contribution is -2.38. The lowest BCUT2D eigenvalue weighted by atomic mass is 9.96. The molecule has 2 aromatic carbocycles. The van der Waals surface area contributed by atoms with Crippen LogP contribution >= 0.6 is 0 Å². The Morgan fingerprint density at radius 2 is 1.80 bits per heavy atom. The summed E-state index contributed by atoms with van der Waals surface area (Å²) in [5, 5.41) is 8.48. The first-order valence-corrected chi connectivity index (χ1v) is 10.8. The van der Waals surface area contributed by atoms with Crippen molar-refractivity contribution in [3.63, 3.8) is 0 Å². The zero-order chi connectivity index (χ0) is 20.3. The number of ether oxygens (including phenoxy) is 1. The van der Waals surface area contributed by atoms with Gasteiger partial charge < -0.3 is 14.1 Å². The number of likely N-dealkylation sites (tertiary alicyclic amines) is 1. The highest BCUT2D eigenvalue weighted by molar-refractivity contribution is 5.57. The minimum atomic E-state index is 0.565. The summed E-state index contributed by atoms with van der Waals surface area (Å²) in [4.78, 5) is 5.01. The molecule has 3 heterocycles. The highest BCUT2D eigenvalue weighted by atomic mass is 16.5. The molecule has 156 valence electrons. The highest BCUT2D eigenvalue weighted by Crippen LogP contribution is 2.30. The number of aromatic nitrogens is 2. The smallest absolute Gasteiger partial charge is 0.247 e. The van der Waals surface area contributed by atoms with Crippen molar-refractivity contribution in [3.8, 4) is 17.2 Å². The van der Waals surface area contributed by atoms with E-state index < -0.39 is 0 Å². The summed E-state index contributed by atoms with van der Waals surface area (Å²) >= 11 is 0. The average Bonchev–Trinajstić information content (AvgIpc) is 3.43. The van der Waals surface area contributed by atoms with Gasteiger partial charge in [-0.2, -0.15) is 0 Å². The van der Waals surface area contributed by atoms with Gasteiger partial charge in [-0.1, -0.05) is 18.2 Å². The van der Waals surface area contributed by atoms with Crippen LogP contribution in [0.3, 0.4) is 0 Å². The number of methoxy groups -OCH3 is 1. The molecule has 6 nitrogen and oxygen atoms in total. The van der Waals surface area contributed by atoms with Crippen molar-refractivity contribution in [2.45, 2.75) is 25.8 Å². The van der Waals surface area contributed by atoms with Gasteiger partial charge in [0.25, 0.3) is 0 Å². The molecule has 1 aromatic heterocycles. The number of hydrogen-bond donors (Lipinski definition) is 0. The third-order valence-electron chi connectivity index (χ3n) is 6.33. The Morgan fingerprint density at radius 1 is 1.00 bits per heavy atom. The van der Waals surface area contributed by atoms with Crippen LogP contribution in [0.2, 0.25) is 0 Å². The molecule has 0 atom stereocenters. The molecule has 0 N–H and O–H groups in total. The molecular weight excluding hydrogens is 376 g/mol. The van der Waals surface area contributed by atoms with Crippen LogP contribution in [0.1, 0.15) is 24.3 Å². The van der Waals surface area contributed by atoms with Crippen molar-refractivity contribution in [2.24, 2.45) is 5.92 Å². The third kappa shape index (κ3) is 4.05. The molecular formula is C24H28N4O2. The van der Waals surface area contributed by atoms with Crippen molar-refractivity contribution in [1.82, 2.24) is 15.1 Å². The van der Waals surface area contributed by atoms with Gasteiger partial charge in [-0.05, 0) is 74.2 Å². The van der Waals surface area contributed by atoms with Crippen LogP contribution in [-0.4, -0.2) is 48.4 Å². The van der Waals surface area contributed by atoms with Gasteiger partial charge in [0.1, 0.15) is 5.75 Å². The molecule has 0 saturated carbocycles. The number of para-hydroxylation sites is 1. The van der Waals surface area contributed by atoms with Gasteiger partial charge in [0.05, 0.1) is 13.7 Å². The standard InChI is InChI=1S/C24H28N4O2/c1-29-21-8-6-20(7-9-21)24-26-25-23(30-24)17-27-13-10-18(11-14-27)16-28-15-12-19-4-2-3-5-22(19)28/h2-9,18H,10-17H2,1H3.